The third-order valence-electron chi connectivity index (χ3n) is 2.74. The Kier molecular flexibility index (Phi) is 4.38. The minimum Gasteiger partial charge on any atom is -0.495 e. The van der Waals surface area contributed by atoms with Gasteiger partial charge in [-0.25, -0.2) is 13.4 Å². The van der Waals surface area contributed by atoms with E-state index in [-0.39, 0.29) is 10.6 Å². The molecule has 1 aromatic heterocycles. The predicted molar refractivity (Wildman–Crippen MR) is 84.9 cm³/mol. The molecule has 3 N–H and O–H groups in total. The number of nitrogens with one attached hydrogen (secondary N) is 1. The number of rotatable bonds is 4. The van der Waals surface area contributed by atoms with Crippen LogP contribution in [0.15, 0.2) is 40.0 Å². The second kappa shape index (κ2) is 5.90. The van der Waals surface area contributed by atoms with Gasteiger partial charge in [0, 0.05) is 5.69 Å². The fraction of sp³-hybridized carbons (Fsp3) is 0.154. The lowest BCUT2D eigenvalue weighted by atomic mass is 10.3. The van der Waals surface area contributed by atoms with Crippen LogP contribution in [0.1, 0.15) is 5.56 Å². The first-order valence-corrected chi connectivity index (χ1v) is 8.19. The highest BCUT2D eigenvalue weighted by molar-refractivity contribution is 9.10. The summed E-state index contributed by atoms with van der Waals surface area (Å²) in [4.78, 5) is 4.03. The molecule has 0 amide bonds. The minimum absolute atomic E-state index is 0.0226. The second-order valence-electron chi connectivity index (χ2n) is 4.35. The molecular formula is C13H14BrN3O3S. The number of nitrogens with zero attached hydrogens (tertiary/aromatic N) is 1. The molecule has 0 atom stereocenters. The number of nitrogen functional groups attached to an aromatic ring is 1. The van der Waals surface area contributed by atoms with Crippen LogP contribution >= 0.6 is 15.9 Å². The van der Waals surface area contributed by atoms with E-state index in [9.17, 15) is 8.42 Å². The van der Waals surface area contributed by atoms with Crippen molar-refractivity contribution in [3.05, 3.63) is 40.6 Å². The molecule has 6 nitrogen and oxygen atoms in total. The Hall–Kier alpha value is -1.80. The highest BCUT2D eigenvalue weighted by atomic mass is 79.9. The quantitative estimate of drug-likeness (QED) is 0.635. The van der Waals surface area contributed by atoms with Crippen molar-refractivity contribution < 1.29 is 13.2 Å². The lowest BCUT2D eigenvalue weighted by Gasteiger charge is -2.12. The summed E-state index contributed by atoms with van der Waals surface area (Å²) in [5.41, 5.74) is 7.16. The number of methoxy groups -OCH3 is 1. The molecule has 0 bridgehead atoms. The average molecular weight is 372 g/mol. The van der Waals surface area contributed by atoms with Gasteiger partial charge in [-0.15, -0.1) is 0 Å². The molecule has 0 saturated heterocycles. The highest BCUT2D eigenvalue weighted by Crippen LogP contribution is 2.28. The zero-order chi connectivity index (χ0) is 15.6. The standard InChI is InChI=1S/C13H14BrN3O3S/c1-8-5-10(7-16-13(8)14)17-21(18,19)12-6-9(15)3-4-11(12)20-2/h3-7,17H,15H2,1-2H3. The van der Waals surface area contributed by atoms with Gasteiger partial charge in [0.1, 0.15) is 15.2 Å². The molecule has 21 heavy (non-hydrogen) atoms. The van der Waals surface area contributed by atoms with Crippen molar-refractivity contribution in [3.63, 3.8) is 0 Å². The van der Waals surface area contributed by atoms with Crippen LogP contribution in [0.5, 0.6) is 5.75 Å². The van der Waals surface area contributed by atoms with Gasteiger partial charge in [0.2, 0.25) is 0 Å². The molecular weight excluding hydrogens is 358 g/mol. The topological polar surface area (TPSA) is 94.3 Å². The maximum Gasteiger partial charge on any atom is 0.265 e. The number of ether oxygens (including phenoxy) is 1. The summed E-state index contributed by atoms with van der Waals surface area (Å²) in [7, 11) is -2.42. The van der Waals surface area contributed by atoms with Gasteiger partial charge in [-0.3, -0.25) is 4.72 Å². The fourth-order valence-corrected chi connectivity index (χ4v) is 3.18. The zero-order valence-electron chi connectivity index (χ0n) is 11.4. The van der Waals surface area contributed by atoms with Gasteiger partial charge in [0.25, 0.3) is 10.0 Å². The SMILES string of the molecule is COc1ccc(N)cc1S(=O)(=O)Nc1cnc(Br)c(C)c1. The van der Waals surface area contributed by atoms with Crippen LogP contribution in [-0.2, 0) is 10.0 Å². The molecule has 0 fully saturated rings. The first-order valence-electron chi connectivity index (χ1n) is 5.92. The Morgan fingerprint density at radius 3 is 2.67 bits per heavy atom. The largest absolute Gasteiger partial charge is 0.495 e. The van der Waals surface area contributed by atoms with Gasteiger partial charge in [-0.1, -0.05) is 0 Å². The summed E-state index contributed by atoms with van der Waals surface area (Å²) in [5.74, 6) is 0.221. The molecule has 8 heteroatoms. The molecule has 2 rings (SSSR count). The van der Waals surface area contributed by atoms with Crippen molar-refractivity contribution in [2.45, 2.75) is 11.8 Å². The Balaban J connectivity index is 2.42. The van der Waals surface area contributed by atoms with Crippen LogP contribution < -0.4 is 15.2 Å². The van der Waals surface area contributed by atoms with Gasteiger partial charge in [0.05, 0.1) is 19.0 Å². The number of halogens is 1. The van der Waals surface area contributed by atoms with Crippen molar-refractivity contribution in [1.29, 1.82) is 0 Å². The van der Waals surface area contributed by atoms with Gasteiger partial charge in [-0.05, 0) is 52.7 Å². The number of aryl methyl sites for hydroxylation is 1. The molecule has 1 heterocycles. The van der Waals surface area contributed by atoms with Crippen molar-refractivity contribution >= 4 is 37.3 Å². The number of aromatic nitrogens is 1. The smallest absolute Gasteiger partial charge is 0.265 e. The number of benzene rings is 1. The molecule has 0 spiro atoms. The number of nitrogens with two attached hydrogens (primary N) is 1. The number of anilines is 2. The summed E-state index contributed by atoms with van der Waals surface area (Å²) in [6.07, 6.45) is 1.42. The monoisotopic (exact) mass is 371 g/mol. The third kappa shape index (κ3) is 3.45. The number of hydrogen-bond acceptors (Lipinski definition) is 5. The van der Waals surface area contributed by atoms with Gasteiger partial charge >= 0.3 is 0 Å². The lowest BCUT2D eigenvalue weighted by molar-refractivity contribution is 0.403. The van der Waals surface area contributed by atoms with Crippen molar-refractivity contribution in [1.82, 2.24) is 4.98 Å². The van der Waals surface area contributed by atoms with E-state index in [1.807, 2.05) is 6.92 Å². The zero-order valence-corrected chi connectivity index (χ0v) is 13.8. The maximum atomic E-state index is 12.4. The molecule has 2 aromatic rings. The van der Waals surface area contributed by atoms with Gasteiger partial charge in [-0.2, -0.15) is 0 Å². The molecule has 0 saturated carbocycles. The molecule has 0 aliphatic carbocycles. The van der Waals surface area contributed by atoms with E-state index >= 15 is 0 Å². The molecule has 0 aliphatic heterocycles. The summed E-state index contributed by atoms with van der Waals surface area (Å²) >= 11 is 3.26. The Labute approximate surface area is 131 Å². The normalized spacial score (nSPS) is 11.2. The van der Waals surface area contributed by atoms with E-state index in [1.54, 1.807) is 12.1 Å². The van der Waals surface area contributed by atoms with Gasteiger partial charge < -0.3 is 10.5 Å². The lowest BCUT2D eigenvalue weighted by Crippen LogP contribution is -2.14. The first kappa shape index (κ1) is 15.6. The maximum absolute atomic E-state index is 12.4. The third-order valence-corrected chi connectivity index (χ3v) is 4.98. The number of sulfonamides is 1. The van der Waals surface area contributed by atoms with E-state index in [1.165, 1.54) is 25.4 Å². The van der Waals surface area contributed by atoms with Crippen LogP contribution in [0.3, 0.4) is 0 Å². The van der Waals surface area contributed by atoms with Crippen LogP contribution in [-0.4, -0.2) is 20.5 Å². The molecule has 0 radical (unpaired) electrons. The van der Waals surface area contributed by atoms with E-state index in [0.29, 0.717) is 16.0 Å². The van der Waals surface area contributed by atoms with E-state index in [2.05, 4.69) is 25.6 Å². The summed E-state index contributed by atoms with van der Waals surface area (Å²) in [6.45, 7) is 1.82. The first-order chi connectivity index (χ1) is 9.83. The second-order valence-corrected chi connectivity index (χ2v) is 6.75. The minimum atomic E-state index is -3.82. The van der Waals surface area contributed by atoms with Crippen molar-refractivity contribution in [3.8, 4) is 5.75 Å². The average Bonchev–Trinajstić information content (AvgIpc) is 2.42. The summed E-state index contributed by atoms with van der Waals surface area (Å²) < 4.78 is 33.1. The molecule has 0 aliphatic rings. The van der Waals surface area contributed by atoms with Gasteiger partial charge in [0.15, 0.2) is 0 Å². The Bertz CT molecular complexity index is 778. The van der Waals surface area contributed by atoms with E-state index < -0.39 is 10.0 Å². The van der Waals surface area contributed by atoms with E-state index in [0.717, 1.165) is 5.56 Å². The highest BCUT2D eigenvalue weighted by Gasteiger charge is 2.20. The number of hydrogen-bond donors (Lipinski definition) is 2. The van der Waals surface area contributed by atoms with Crippen LogP contribution in [0, 0.1) is 6.92 Å². The summed E-state index contributed by atoms with van der Waals surface area (Å²) in [6, 6.07) is 6.10. The van der Waals surface area contributed by atoms with Crippen molar-refractivity contribution in [2.24, 2.45) is 0 Å². The Morgan fingerprint density at radius 1 is 1.33 bits per heavy atom. The van der Waals surface area contributed by atoms with E-state index in [4.69, 9.17) is 10.5 Å². The molecule has 112 valence electrons. The predicted octanol–water partition coefficient (Wildman–Crippen LogP) is 2.54. The fourth-order valence-electron chi connectivity index (χ4n) is 1.73. The molecule has 0 unspecified atom stereocenters. The molecule has 1 aromatic carbocycles. The van der Waals surface area contributed by atoms with Crippen LogP contribution in [0.4, 0.5) is 11.4 Å². The Morgan fingerprint density at radius 2 is 2.05 bits per heavy atom. The number of pyridine rings is 1. The summed E-state index contributed by atoms with van der Waals surface area (Å²) in [5, 5.41) is 0. The van der Waals surface area contributed by atoms with Crippen molar-refractivity contribution in [2.75, 3.05) is 17.6 Å². The van der Waals surface area contributed by atoms with Crippen LogP contribution in [0.2, 0.25) is 0 Å². The van der Waals surface area contributed by atoms with Crippen LogP contribution in [0.25, 0.3) is 0 Å².